The van der Waals surface area contributed by atoms with E-state index in [1.165, 1.54) is 0 Å². The lowest BCUT2D eigenvalue weighted by molar-refractivity contribution is 0.0674. The van der Waals surface area contributed by atoms with Crippen LogP contribution in [0.5, 0.6) is 0 Å². The third-order valence-electron chi connectivity index (χ3n) is 2.59. The van der Waals surface area contributed by atoms with Gasteiger partial charge in [-0.15, -0.1) is 0 Å². The van der Waals surface area contributed by atoms with Crippen LogP contribution in [0.3, 0.4) is 0 Å². The lowest BCUT2D eigenvalue weighted by Gasteiger charge is -2.44. The summed E-state index contributed by atoms with van der Waals surface area (Å²) in [6.07, 6.45) is 1.40. The van der Waals surface area contributed by atoms with Gasteiger partial charge >= 0.3 is 6.09 Å². The summed E-state index contributed by atoms with van der Waals surface area (Å²) in [5.74, 6) is 0. The number of piperidine rings is 2. The van der Waals surface area contributed by atoms with E-state index in [-0.39, 0.29) is 6.04 Å². The van der Waals surface area contributed by atoms with Gasteiger partial charge in [0.15, 0.2) is 0 Å². The predicted octanol–water partition coefficient (Wildman–Crippen LogP) is 0.101. The van der Waals surface area contributed by atoms with E-state index >= 15 is 0 Å². The Labute approximate surface area is 65.2 Å². The fourth-order valence-corrected chi connectivity index (χ4v) is 1.94. The molecule has 3 aliphatic heterocycles. The summed E-state index contributed by atoms with van der Waals surface area (Å²) in [5, 5.41) is 12.1. The molecule has 3 saturated heterocycles. The molecule has 4 heteroatoms. The quantitative estimate of drug-likeness (QED) is 0.523. The molecule has 0 aromatic heterocycles. The van der Waals surface area contributed by atoms with Crippen molar-refractivity contribution in [3.63, 3.8) is 0 Å². The van der Waals surface area contributed by atoms with Crippen LogP contribution in [0.25, 0.3) is 0 Å². The van der Waals surface area contributed by atoms with Crippen molar-refractivity contribution >= 4 is 6.09 Å². The number of hydrogen-bond acceptors (Lipinski definition) is 2. The second-order valence-electron chi connectivity index (χ2n) is 3.27. The van der Waals surface area contributed by atoms with Crippen LogP contribution >= 0.6 is 0 Å². The molecule has 62 valence electrons. The smallest absolute Gasteiger partial charge is 0.407 e. The van der Waals surface area contributed by atoms with Crippen LogP contribution in [-0.2, 0) is 0 Å². The number of hydrogen-bond donors (Lipinski definition) is 2. The first-order valence-corrected chi connectivity index (χ1v) is 4.00. The summed E-state index contributed by atoms with van der Waals surface area (Å²) in [7, 11) is 0. The van der Waals surface area contributed by atoms with Crippen molar-refractivity contribution in [1.29, 1.82) is 0 Å². The molecular weight excluding hydrogens is 144 g/mol. The average Bonchev–Trinajstić information content (AvgIpc) is 2.06. The fraction of sp³-hybridized carbons (Fsp3) is 0.857. The Morgan fingerprint density at radius 1 is 1.55 bits per heavy atom. The molecule has 4 nitrogen and oxygen atoms in total. The Kier molecular flexibility index (Phi) is 1.49. The molecule has 0 aromatic rings. The van der Waals surface area contributed by atoms with E-state index in [4.69, 9.17) is 5.11 Å². The van der Waals surface area contributed by atoms with Gasteiger partial charge in [-0.2, -0.15) is 0 Å². The van der Waals surface area contributed by atoms with Crippen LogP contribution in [0, 0.1) is 0 Å². The molecule has 2 N–H and O–H groups in total. The zero-order valence-corrected chi connectivity index (χ0v) is 6.29. The van der Waals surface area contributed by atoms with E-state index in [1.807, 2.05) is 0 Å². The molecule has 3 fully saturated rings. The fourth-order valence-electron chi connectivity index (χ4n) is 1.94. The van der Waals surface area contributed by atoms with Gasteiger partial charge in [-0.3, -0.25) is 0 Å². The van der Waals surface area contributed by atoms with Crippen LogP contribution < -0.4 is 5.32 Å². The second-order valence-corrected chi connectivity index (χ2v) is 3.27. The van der Waals surface area contributed by atoms with Crippen LogP contribution in [0.1, 0.15) is 12.8 Å². The first-order valence-electron chi connectivity index (χ1n) is 4.00. The Bertz CT molecular complexity index is 175. The van der Waals surface area contributed by atoms with Crippen molar-refractivity contribution in [2.75, 3.05) is 13.1 Å². The van der Waals surface area contributed by atoms with Gasteiger partial charge in [-0.05, 0) is 12.8 Å². The number of piperazine rings is 1. The van der Waals surface area contributed by atoms with Gasteiger partial charge in [0.2, 0.25) is 0 Å². The number of nitrogens with one attached hydrogen (secondary N) is 1. The highest BCUT2D eigenvalue weighted by Gasteiger charge is 2.35. The highest BCUT2D eigenvalue weighted by Crippen LogP contribution is 2.21. The number of rotatable bonds is 0. The van der Waals surface area contributed by atoms with E-state index in [9.17, 15) is 4.79 Å². The van der Waals surface area contributed by atoms with Crippen LogP contribution in [0.4, 0.5) is 4.79 Å². The Morgan fingerprint density at radius 2 is 2.36 bits per heavy atom. The zero-order chi connectivity index (χ0) is 7.84. The van der Waals surface area contributed by atoms with Gasteiger partial charge in [0.1, 0.15) is 0 Å². The van der Waals surface area contributed by atoms with Gasteiger partial charge in [0.25, 0.3) is 0 Å². The Hall–Kier alpha value is -0.770. The maximum atomic E-state index is 10.6. The van der Waals surface area contributed by atoms with Gasteiger partial charge < -0.3 is 15.3 Å². The maximum Gasteiger partial charge on any atom is 0.407 e. The van der Waals surface area contributed by atoms with Crippen molar-refractivity contribution < 1.29 is 9.90 Å². The first kappa shape index (κ1) is 6.91. The number of carboxylic acid groups (broad SMARTS) is 1. The molecule has 0 aliphatic carbocycles. The van der Waals surface area contributed by atoms with Crippen molar-refractivity contribution in [3.05, 3.63) is 0 Å². The van der Waals surface area contributed by atoms with Gasteiger partial charge in [-0.1, -0.05) is 0 Å². The minimum atomic E-state index is -0.763. The molecule has 3 rings (SSSR count). The van der Waals surface area contributed by atoms with Crippen LogP contribution in [0.15, 0.2) is 0 Å². The molecule has 3 heterocycles. The Morgan fingerprint density at radius 3 is 2.64 bits per heavy atom. The molecule has 2 atom stereocenters. The van der Waals surface area contributed by atoms with Crippen LogP contribution in [-0.4, -0.2) is 41.3 Å². The summed E-state index contributed by atoms with van der Waals surface area (Å²) in [6.45, 7) is 1.52. The first-order chi connectivity index (χ1) is 5.27. The van der Waals surface area contributed by atoms with Crippen LogP contribution in [0.2, 0.25) is 0 Å². The van der Waals surface area contributed by atoms with E-state index < -0.39 is 6.09 Å². The lowest BCUT2D eigenvalue weighted by atomic mass is 9.94. The number of amides is 1. The summed E-state index contributed by atoms with van der Waals surface area (Å²) < 4.78 is 0. The molecule has 0 aromatic carbocycles. The predicted molar refractivity (Wildman–Crippen MR) is 39.5 cm³/mol. The zero-order valence-electron chi connectivity index (χ0n) is 6.29. The van der Waals surface area contributed by atoms with Gasteiger partial charge in [-0.25, -0.2) is 4.79 Å². The normalized spacial score (nSPS) is 35.8. The standard InChI is InChI=1S/C7H12N2O2/c10-7(11)9-4-5-1-2-6(9)3-8-5/h5-6,8H,1-4H2,(H,10,11). The summed E-state index contributed by atoms with van der Waals surface area (Å²) in [4.78, 5) is 12.2. The van der Waals surface area contributed by atoms with Gasteiger partial charge in [0.05, 0.1) is 0 Å². The Balaban J connectivity index is 2.08. The SMILES string of the molecule is O=C(O)N1CC2CCC1CN2. The monoisotopic (exact) mass is 156 g/mol. The summed E-state index contributed by atoms with van der Waals surface area (Å²) >= 11 is 0. The molecule has 1 amide bonds. The number of nitrogens with zero attached hydrogens (tertiary/aromatic N) is 1. The number of fused-ring (bicyclic) bond motifs is 3. The molecular formula is C7H12N2O2. The minimum absolute atomic E-state index is 0.234. The maximum absolute atomic E-state index is 10.6. The molecule has 0 radical (unpaired) electrons. The van der Waals surface area contributed by atoms with E-state index in [0.29, 0.717) is 12.6 Å². The largest absolute Gasteiger partial charge is 0.465 e. The minimum Gasteiger partial charge on any atom is -0.465 e. The third kappa shape index (κ3) is 1.07. The summed E-state index contributed by atoms with van der Waals surface area (Å²) in [5.41, 5.74) is 0. The van der Waals surface area contributed by atoms with Gasteiger partial charge in [0, 0.05) is 25.2 Å². The molecule has 3 aliphatic rings. The van der Waals surface area contributed by atoms with E-state index in [2.05, 4.69) is 5.32 Å². The molecule has 2 bridgehead atoms. The topological polar surface area (TPSA) is 52.6 Å². The molecule has 2 unspecified atom stereocenters. The molecule has 11 heavy (non-hydrogen) atoms. The summed E-state index contributed by atoms with van der Waals surface area (Å²) in [6, 6.07) is 0.647. The second kappa shape index (κ2) is 2.37. The number of carbonyl (C=O) groups is 1. The van der Waals surface area contributed by atoms with Crippen molar-refractivity contribution in [3.8, 4) is 0 Å². The lowest BCUT2D eigenvalue weighted by Crippen LogP contribution is -2.62. The molecule has 0 saturated carbocycles. The van der Waals surface area contributed by atoms with Crippen molar-refractivity contribution in [2.24, 2.45) is 0 Å². The third-order valence-corrected chi connectivity index (χ3v) is 2.59. The van der Waals surface area contributed by atoms with E-state index in [0.717, 1.165) is 19.4 Å². The van der Waals surface area contributed by atoms with Crippen molar-refractivity contribution in [1.82, 2.24) is 10.2 Å². The highest BCUT2D eigenvalue weighted by molar-refractivity contribution is 5.66. The average molecular weight is 156 g/mol. The van der Waals surface area contributed by atoms with E-state index in [1.54, 1.807) is 4.90 Å². The molecule has 0 spiro atoms. The highest BCUT2D eigenvalue weighted by atomic mass is 16.4. The van der Waals surface area contributed by atoms with Crippen molar-refractivity contribution in [2.45, 2.75) is 24.9 Å².